The second kappa shape index (κ2) is 5.99. The van der Waals surface area contributed by atoms with Gasteiger partial charge in [0, 0.05) is 10.7 Å². The van der Waals surface area contributed by atoms with E-state index in [0.717, 1.165) is 4.47 Å². The highest BCUT2D eigenvalue weighted by Gasteiger charge is 2.20. The summed E-state index contributed by atoms with van der Waals surface area (Å²) in [5.41, 5.74) is 0. The summed E-state index contributed by atoms with van der Waals surface area (Å²) in [7, 11) is -2.38. The van der Waals surface area contributed by atoms with E-state index in [1.54, 1.807) is 18.2 Å². The average Bonchev–Trinajstić information content (AvgIpc) is 2.40. The van der Waals surface area contributed by atoms with E-state index >= 15 is 0 Å². The number of sulfonamides is 1. The fraction of sp³-hybridized carbons (Fsp3) is 0.0833. The number of nitrogens with one attached hydrogen (secondary N) is 1. The topological polar surface area (TPSA) is 68.3 Å². The highest BCUT2D eigenvalue weighted by molar-refractivity contribution is 9.10. The summed E-state index contributed by atoms with van der Waals surface area (Å²) in [6.07, 6.45) is 1.36. The van der Waals surface area contributed by atoms with Crippen LogP contribution < -0.4 is 9.46 Å². The maximum Gasteiger partial charge on any atom is 0.266 e. The normalized spacial score (nSPS) is 11.2. The summed E-state index contributed by atoms with van der Waals surface area (Å²) in [6, 6.07) is 7.66. The minimum absolute atomic E-state index is 0.0277. The van der Waals surface area contributed by atoms with E-state index in [2.05, 4.69) is 25.6 Å². The molecule has 1 aromatic heterocycles. The van der Waals surface area contributed by atoms with E-state index < -0.39 is 10.0 Å². The Morgan fingerprint density at radius 3 is 2.65 bits per heavy atom. The van der Waals surface area contributed by atoms with Crippen LogP contribution in [0.15, 0.2) is 45.9 Å². The third kappa shape index (κ3) is 3.41. The molecular weight excluding hydrogens is 368 g/mol. The van der Waals surface area contributed by atoms with Crippen LogP contribution in [0.3, 0.4) is 0 Å². The summed E-state index contributed by atoms with van der Waals surface area (Å²) >= 11 is 8.96. The molecule has 8 heteroatoms. The van der Waals surface area contributed by atoms with Gasteiger partial charge < -0.3 is 4.74 Å². The maximum atomic E-state index is 12.3. The lowest BCUT2D eigenvalue weighted by atomic mass is 10.3. The molecule has 2 aromatic rings. The quantitative estimate of drug-likeness (QED) is 0.887. The van der Waals surface area contributed by atoms with Crippen LogP contribution in [0.25, 0.3) is 0 Å². The molecule has 0 aliphatic carbocycles. The van der Waals surface area contributed by atoms with Gasteiger partial charge in [-0.25, -0.2) is 13.4 Å². The van der Waals surface area contributed by atoms with Crippen LogP contribution >= 0.6 is 27.5 Å². The van der Waals surface area contributed by atoms with Crippen molar-refractivity contribution in [3.05, 3.63) is 46.0 Å². The minimum atomic E-state index is -3.79. The monoisotopic (exact) mass is 376 g/mol. The molecule has 0 aliphatic rings. The molecule has 0 amide bonds. The van der Waals surface area contributed by atoms with Gasteiger partial charge in [-0.1, -0.05) is 27.5 Å². The number of benzene rings is 1. The summed E-state index contributed by atoms with van der Waals surface area (Å²) < 4.78 is 32.8. The molecule has 0 bridgehead atoms. The van der Waals surface area contributed by atoms with Gasteiger partial charge in [0.2, 0.25) is 0 Å². The Morgan fingerprint density at radius 2 is 2.05 bits per heavy atom. The van der Waals surface area contributed by atoms with Gasteiger partial charge in [-0.05, 0) is 30.3 Å². The van der Waals surface area contributed by atoms with E-state index in [4.69, 9.17) is 16.3 Å². The molecule has 0 unspecified atom stereocenters. The van der Waals surface area contributed by atoms with E-state index in [9.17, 15) is 8.42 Å². The molecule has 0 spiro atoms. The molecule has 1 N–H and O–H groups in total. The van der Waals surface area contributed by atoms with Crippen LogP contribution in [0.4, 0.5) is 5.82 Å². The van der Waals surface area contributed by atoms with Crippen molar-refractivity contribution in [1.29, 1.82) is 0 Å². The number of ether oxygens (including phenoxy) is 1. The van der Waals surface area contributed by atoms with Crippen molar-refractivity contribution >= 4 is 43.4 Å². The average molecular weight is 378 g/mol. The standard InChI is InChI=1S/C12H10BrClN2O3S/c1-19-10-6-8(13)2-4-11(10)20(17,18)16-12-5-3-9(14)7-15-12/h2-7H,1H3,(H,15,16). The SMILES string of the molecule is COc1cc(Br)ccc1S(=O)(=O)Nc1ccc(Cl)cn1. The van der Waals surface area contributed by atoms with Gasteiger partial charge in [-0.3, -0.25) is 4.72 Å². The fourth-order valence-electron chi connectivity index (χ4n) is 1.49. The molecule has 2 rings (SSSR count). The maximum absolute atomic E-state index is 12.3. The van der Waals surface area contributed by atoms with Crippen molar-refractivity contribution in [3.8, 4) is 5.75 Å². The van der Waals surface area contributed by atoms with Crippen LogP contribution in [0, 0.1) is 0 Å². The van der Waals surface area contributed by atoms with Gasteiger partial charge in [0.05, 0.1) is 12.1 Å². The third-order valence-corrected chi connectivity index (χ3v) is 4.49. The number of nitrogens with zero attached hydrogens (tertiary/aromatic N) is 1. The molecule has 0 fully saturated rings. The van der Waals surface area contributed by atoms with Gasteiger partial charge in [0.25, 0.3) is 10.0 Å². The number of aromatic nitrogens is 1. The van der Waals surface area contributed by atoms with Crippen molar-refractivity contribution in [2.24, 2.45) is 0 Å². The molecule has 0 aliphatic heterocycles. The first kappa shape index (κ1) is 15.1. The van der Waals surface area contributed by atoms with Gasteiger partial charge in [0.15, 0.2) is 0 Å². The summed E-state index contributed by atoms with van der Waals surface area (Å²) in [4.78, 5) is 3.92. The molecule has 0 radical (unpaired) electrons. The number of hydrogen-bond donors (Lipinski definition) is 1. The summed E-state index contributed by atoms with van der Waals surface area (Å²) in [6.45, 7) is 0. The second-order valence-corrected chi connectivity index (χ2v) is 6.77. The molecule has 0 saturated heterocycles. The zero-order chi connectivity index (χ0) is 14.8. The Bertz CT molecular complexity index is 720. The van der Waals surface area contributed by atoms with E-state index in [0.29, 0.717) is 5.02 Å². The third-order valence-electron chi connectivity index (χ3n) is 2.38. The smallest absolute Gasteiger partial charge is 0.266 e. The minimum Gasteiger partial charge on any atom is -0.495 e. The molecule has 106 valence electrons. The van der Waals surface area contributed by atoms with Gasteiger partial charge in [0.1, 0.15) is 16.5 Å². The summed E-state index contributed by atoms with van der Waals surface area (Å²) in [5, 5.41) is 0.425. The molecular formula is C12H10BrClN2O3S. The number of halogens is 2. The lowest BCUT2D eigenvalue weighted by Gasteiger charge is -2.11. The Hall–Kier alpha value is -1.31. The van der Waals surface area contributed by atoms with Gasteiger partial charge in [-0.15, -0.1) is 0 Å². The predicted octanol–water partition coefficient (Wildman–Crippen LogP) is 3.31. The van der Waals surface area contributed by atoms with Crippen molar-refractivity contribution in [3.63, 3.8) is 0 Å². The number of anilines is 1. The van der Waals surface area contributed by atoms with Crippen LogP contribution in [0.1, 0.15) is 0 Å². The lowest BCUT2D eigenvalue weighted by molar-refractivity contribution is 0.402. The van der Waals surface area contributed by atoms with Crippen molar-refractivity contribution in [1.82, 2.24) is 4.98 Å². The highest BCUT2D eigenvalue weighted by atomic mass is 79.9. The summed E-state index contributed by atoms with van der Waals surface area (Å²) in [5.74, 6) is 0.417. The van der Waals surface area contributed by atoms with E-state index in [-0.39, 0.29) is 16.5 Å². The first-order valence-electron chi connectivity index (χ1n) is 5.40. The lowest BCUT2D eigenvalue weighted by Crippen LogP contribution is -2.14. The van der Waals surface area contributed by atoms with Crippen LogP contribution in [-0.4, -0.2) is 20.5 Å². The Balaban J connectivity index is 2.38. The number of hydrogen-bond acceptors (Lipinski definition) is 4. The van der Waals surface area contributed by atoms with E-state index in [1.165, 1.54) is 25.4 Å². The van der Waals surface area contributed by atoms with Gasteiger partial charge >= 0.3 is 0 Å². The second-order valence-electron chi connectivity index (χ2n) is 3.76. The first-order valence-corrected chi connectivity index (χ1v) is 8.06. The van der Waals surface area contributed by atoms with Gasteiger partial charge in [-0.2, -0.15) is 0 Å². The molecule has 1 heterocycles. The molecule has 0 saturated carbocycles. The molecule has 5 nitrogen and oxygen atoms in total. The molecule has 0 atom stereocenters. The van der Waals surface area contributed by atoms with Crippen molar-refractivity contribution in [2.45, 2.75) is 4.90 Å². The zero-order valence-electron chi connectivity index (χ0n) is 10.3. The Labute approximate surface area is 130 Å². The zero-order valence-corrected chi connectivity index (χ0v) is 13.5. The first-order chi connectivity index (χ1) is 9.42. The highest BCUT2D eigenvalue weighted by Crippen LogP contribution is 2.28. The van der Waals surface area contributed by atoms with Crippen LogP contribution in [0.5, 0.6) is 5.75 Å². The largest absolute Gasteiger partial charge is 0.495 e. The van der Waals surface area contributed by atoms with Crippen LogP contribution in [-0.2, 0) is 10.0 Å². The van der Waals surface area contributed by atoms with E-state index in [1.807, 2.05) is 0 Å². The van der Waals surface area contributed by atoms with Crippen molar-refractivity contribution in [2.75, 3.05) is 11.8 Å². The number of pyridine rings is 1. The van der Waals surface area contributed by atoms with Crippen LogP contribution in [0.2, 0.25) is 5.02 Å². The molecule has 20 heavy (non-hydrogen) atoms. The Morgan fingerprint density at radius 1 is 1.30 bits per heavy atom. The predicted molar refractivity (Wildman–Crippen MR) is 80.7 cm³/mol. The Kier molecular flexibility index (Phi) is 4.52. The fourth-order valence-corrected chi connectivity index (χ4v) is 3.10. The number of methoxy groups -OCH3 is 1. The van der Waals surface area contributed by atoms with Crippen molar-refractivity contribution < 1.29 is 13.2 Å². The molecule has 1 aromatic carbocycles. The number of rotatable bonds is 4.